The van der Waals surface area contributed by atoms with Gasteiger partial charge >= 0.3 is 0 Å². The van der Waals surface area contributed by atoms with Crippen LogP contribution in [0, 0.1) is 13.8 Å². The summed E-state index contributed by atoms with van der Waals surface area (Å²) < 4.78 is 10.7. The van der Waals surface area contributed by atoms with Crippen LogP contribution in [-0.4, -0.2) is 31.3 Å². The summed E-state index contributed by atoms with van der Waals surface area (Å²) in [5.74, 6) is 1.46. The molecule has 0 aromatic heterocycles. The van der Waals surface area contributed by atoms with Crippen molar-refractivity contribution in [3.8, 4) is 11.5 Å². The summed E-state index contributed by atoms with van der Waals surface area (Å²) in [6.07, 6.45) is 0. The third kappa shape index (κ3) is 4.17. The van der Waals surface area contributed by atoms with Crippen LogP contribution in [0.15, 0.2) is 36.4 Å². The minimum Gasteiger partial charge on any atom is -0.493 e. The maximum atomic E-state index is 5.53. The van der Waals surface area contributed by atoms with E-state index in [1.165, 1.54) is 0 Å². The molecule has 0 saturated heterocycles. The molecule has 0 heterocycles. The second kappa shape index (κ2) is 8.02. The van der Waals surface area contributed by atoms with Gasteiger partial charge in [-0.15, -0.1) is 0 Å². The van der Waals surface area contributed by atoms with Crippen molar-refractivity contribution in [3.63, 3.8) is 0 Å². The lowest BCUT2D eigenvalue weighted by Crippen LogP contribution is -2.31. The zero-order chi connectivity index (χ0) is 17.7. The number of methoxy groups -OCH3 is 2. The van der Waals surface area contributed by atoms with Gasteiger partial charge in [0.15, 0.2) is 16.6 Å². The summed E-state index contributed by atoms with van der Waals surface area (Å²) in [5, 5.41) is 3.98. The highest BCUT2D eigenvalue weighted by Crippen LogP contribution is 2.30. The molecule has 0 atom stereocenters. The summed E-state index contributed by atoms with van der Waals surface area (Å²) in [7, 11) is 5.26. The summed E-state index contributed by atoms with van der Waals surface area (Å²) in [6, 6.07) is 12.1. The number of rotatable bonds is 5. The zero-order valence-electron chi connectivity index (χ0n) is 14.8. The first-order valence-electron chi connectivity index (χ1n) is 7.75. The summed E-state index contributed by atoms with van der Waals surface area (Å²) in [5.41, 5.74) is 4.47. The first-order chi connectivity index (χ1) is 11.5. The van der Waals surface area contributed by atoms with Crippen molar-refractivity contribution in [1.82, 2.24) is 4.90 Å². The minimum atomic E-state index is 0.679. The quantitative estimate of drug-likeness (QED) is 0.824. The number of nitrogens with zero attached hydrogens (tertiary/aromatic N) is 1. The molecular formula is C19H24N2O2S. The summed E-state index contributed by atoms with van der Waals surface area (Å²) in [6.45, 7) is 4.80. The summed E-state index contributed by atoms with van der Waals surface area (Å²) >= 11 is 5.53. The van der Waals surface area contributed by atoms with Crippen LogP contribution in [0.1, 0.15) is 16.7 Å². The third-order valence-electron chi connectivity index (χ3n) is 3.98. The molecule has 0 fully saturated rings. The smallest absolute Gasteiger partial charge is 0.173 e. The van der Waals surface area contributed by atoms with Crippen LogP contribution in [0.5, 0.6) is 11.5 Å². The van der Waals surface area contributed by atoms with Crippen molar-refractivity contribution in [3.05, 3.63) is 53.1 Å². The van der Waals surface area contributed by atoms with Gasteiger partial charge in [0.1, 0.15) is 0 Å². The van der Waals surface area contributed by atoms with Gasteiger partial charge in [0.05, 0.1) is 14.2 Å². The molecular weight excluding hydrogens is 320 g/mol. The van der Waals surface area contributed by atoms with Crippen molar-refractivity contribution in [2.24, 2.45) is 0 Å². The summed E-state index contributed by atoms with van der Waals surface area (Å²) in [4.78, 5) is 2.01. The van der Waals surface area contributed by atoms with Crippen LogP contribution < -0.4 is 14.8 Å². The van der Waals surface area contributed by atoms with Crippen molar-refractivity contribution >= 4 is 23.0 Å². The first kappa shape index (κ1) is 18.1. The van der Waals surface area contributed by atoms with Gasteiger partial charge in [0.25, 0.3) is 0 Å². The lowest BCUT2D eigenvalue weighted by Gasteiger charge is -2.23. The number of hydrogen-bond donors (Lipinski definition) is 1. The molecule has 24 heavy (non-hydrogen) atoms. The van der Waals surface area contributed by atoms with Gasteiger partial charge in [0.2, 0.25) is 0 Å². The Kier molecular flexibility index (Phi) is 6.04. The normalized spacial score (nSPS) is 10.2. The van der Waals surface area contributed by atoms with E-state index in [1.807, 2.05) is 42.3 Å². The number of benzene rings is 2. The van der Waals surface area contributed by atoms with E-state index in [-0.39, 0.29) is 0 Å². The van der Waals surface area contributed by atoms with Gasteiger partial charge in [-0.05, 0) is 61.0 Å². The molecule has 0 bridgehead atoms. The molecule has 0 radical (unpaired) electrons. The molecule has 0 saturated carbocycles. The maximum absolute atomic E-state index is 5.53. The van der Waals surface area contributed by atoms with Crippen LogP contribution in [0.2, 0.25) is 0 Å². The SMILES string of the molecule is COc1cc(C)c(CN(C)C(=S)Nc2ccccc2C)cc1OC. The number of thiocarbonyl (C=S) groups is 1. The van der Waals surface area contributed by atoms with E-state index in [4.69, 9.17) is 21.7 Å². The number of hydrogen-bond acceptors (Lipinski definition) is 3. The largest absolute Gasteiger partial charge is 0.493 e. The van der Waals surface area contributed by atoms with Crippen LogP contribution in [0.25, 0.3) is 0 Å². The molecule has 4 nitrogen and oxygen atoms in total. The lowest BCUT2D eigenvalue weighted by molar-refractivity contribution is 0.353. The molecule has 128 valence electrons. The maximum Gasteiger partial charge on any atom is 0.173 e. The zero-order valence-corrected chi connectivity index (χ0v) is 15.7. The molecule has 0 aliphatic rings. The van der Waals surface area contributed by atoms with Gasteiger partial charge in [-0.3, -0.25) is 0 Å². The fourth-order valence-corrected chi connectivity index (χ4v) is 2.62. The van der Waals surface area contributed by atoms with E-state index in [0.29, 0.717) is 11.7 Å². The van der Waals surface area contributed by atoms with Crippen LogP contribution >= 0.6 is 12.2 Å². The van der Waals surface area contributed by atoms with Crippen molar-refractivity contribution < 1.29 is 9.47 Å². The molecule has 2 rings (SSSR count). The van der Waals surface area contributed by atoms with Crippen molar-refractivity contribution in [2.75, 3.05) is 26.6 Å². The topological polar surface area (TPSA) is 33.7 Å². The molecule has 0 aliphatic heterocycles. The van der Waals surface area contributed by atoms with E-state index in [1.54, 1.807) is 14.2 Å². The third-order valence-corrected chi connectivity index (χ3v) is 4.40. The Labute approximate surface area is 149 Å². The fraction of sp³-hybridized carbons (Fsp3) is 0.316. The van der Waals surface area contributed by atoms with Gasteiger partial charge in [0, 0.05) is 19.3 Å². The molecule has 1 N–H and O–H groups in total. The number of nitrogens with one attached hydrogen (secondary N) is 1. The molecule has 2 aromatic rings. The number of ether oxygens (including phenoxy) is 2. The van der Waals surface area contributed by atoms with E-state index in [0.717, 1.165) is 33.9 Å². The average Bonchev–Trinajstić information content (AvgIpc) is 2.58. The highest BCUT2D eigenvalue weighted by molar-refractivity contribution is 7.80. The van der Waals surface area contributed by atoms with Crippen LogP contribution in [0.3, 0.4) is 0 Å². The standard InChI is InChI=1S/C19H24N2O2S/c1-13-8-6-7-9-16(13)20-19(24)21(3)12-15-11-18(23-5)17(22-4)10-14(15)2/h6-11H,12H2,1-5H3,(H,20,24). The molecule has 0 spiro atoms. The highest BCUT2D eigenvalue weighted by atomic mass is 32.1. The van der Waals surface area contributed by atoms with E-state index >= 15 is 0 Å². The predicted molar refractivity (Wildman–Crippen MR) is 103 cm³/mol. The monoisotopic (exact) mass is 344 g/mol. The highest BCUT2D eigenvalue weighted by Gasteiger charge is 2.12. The predicted octanol–water partition coefficient (Wildman–Crippen LogP) is 4.15. The molecule has 0 amide bonds. The Bertz CT molecular complexity index is 731. The van der Waals surface area contributed by atoms with E-state index < -0.39 is 0 Å². The van der Waals surface area contributed by atoms with Crippen molar-refractivity contribution in [2.45, 2.75) is 20.4 Å². The number of anilines is 1. The van der Waals surface area contributed by atoms with E-state index in [2.05, 4.69) is 25.2 Å². The Morgan fingerprint density at radius 3 is 2.29 bits per heavy atom. The first-order valence-corrected chi connectivity index (χ1v) is 8.16. The second-order valence-electron chi connectivity index (χ2n) is 5.73. The van der Waals surface area contributed by atoms with Gasteiger partial charge in [-0.25, -0.2) is 0 Å². The van der Waals surface area contributed by atoms with Crippen molar-refractivity contribution in [1.29, 1.82) is 0 Å². The molecule has 5 heteroatoms. The molecule has 0 aliphatic carbocycles. The second-order valence-corrected chi connectivity index (χ2v) is 6.12. The number of aryl methyl sites for hydroxylation is 2. The minimum absolute atomic E-state index is 0.679. The van der Waals surface area contributed by atoms with Crippen LogP contribution in [0.4, 0.5) is 5.69 Å². The average molecular weight is 344 g/mol. The van der Waals surface area contributed by atoms with Gasteiger partial charge < -0.3 is 19.7 Å². The number of para-hydroxylation sites is 1. The van der Waals surface area contributed by atoms with Crippen LogP contribution in [-0.2, 0) is 6.54 Å². The molecule has 2 aromatic carbocycles. The van der Waals surface area contributed by atoms with E-state index in [9.17, 15) is 0 Å². The van der Waals surface area contributed by atoms with Gasteiger partial charge in [-0.2, -0.15) is 0 Å². The Morgan fingerprint density at radius 1 is 1.04 bits per heavy atom. The van der Waals surface area contributed by atoms with Gasteiger partial charge in [-0.1, -0.05) is 18.2 Å². The Morgan fingerprint density at radius 2 is 1.67 bits per heavy atom. The lowest BCUT2D eigenvalue weighted by atomic mass is 10.1. The Balaban J connectivity index is 2.13. The molecule has 0 unspecified atom stereocenters. The Hall–Kier alpha value is -2.27. The fourth-order valence-electron chi connectivity index (χ4n) is 2.44.